The van der Waals surface area contributed by atoms with Gasteiger partial charge in [-0.2, -0.15) is 6.07 Å². The number of fused-ring (bicyclic) bond motifs is 4. The zero-order chi connectivity index (χ0) is 23.6. The predicted molar refractivity (Wildman–Crippen MR) is 138 cm³/mol. The number of benzene rings is 3. The Morgan fingerprint density at radius 3 is 2.42 bits per heavy atom. The fraction of sp³-hybridized carbons (Fsp3) is 0.0333. The molecule has 4 heterocycles. The first-order valence-corrected chi connectivity index (χ1v) is 11.2. The summed E-state index contributed by atoms with van der Waals surface area (Å²) in [5.41, 5.74) is 6.57. The third kappa shape index (κ3) is 4.41. The molecule has 0 saturated heterocycles. The van der Waals surface area contributed by atoms with E-state index in [9.17, 15) is 0 Å². The van der Waals surface area contributed by atoms with Crippen LogP contribution in [0.15, 0.2) is 108 Å². The molecule has 0 N–H and O–H groups in total. The molecule has 3 aromatic carbocycles. The molecule has 1 radical (unpaired) electrons. The molecule has 6 aromatic rings. The van der Waals surface area contributed by atoms with E-state index in [4.69, 9.17) is 4.42 Å². The number of hydrogen-bond acceptors (Lipinski definition) is 3. The molecule has 175 valence electrons. The van der Waals surface area contributed by atoms with Crippen LogP contribution in [0.25, 0.3) is 33.3 Å². The van der Waals surface area contributed by atoms with Crippen molar-refractivity contribution in [1.29, 1.82) is 0 Å². The Labute approximate surface area is 222 Å². The number of rotatable bonds is 2. The summed E-state index contributed by atoms with van der Waals surface area (Å²) in [6.45, 7) is 0. The molecule has 5 nitrogen and oxygen atoms in total. The molecule has 0 spiro atoms. The number of pyridine rings is 2. The zero-order valence-corrected chi connectivity index (χ0v) is 21.7. The van der Waals surface area contributed by atoms with Crippen LogP contribution >= 0.6 is 0 Å². The summed E-state index contributed by atoms with van der Waals surface area (Å²) in [5, 5.41) is 2.04. The van der Waals surface area contributed by atoms with Gasteiger partial charge in [0.15, 0.2) is 7.05 Å². The second-order valence-electron chi connectivity index (χ2n) is 8.03. The van der Waals surface area contributed by atoms with Crippen LogP contribution in [0.2, 0.25) is 0 Å². The van der Waals surface area contributed by atoms with E-state index in [2.05, 4.69) is 40.2 Å². The van der Waals surface area contributed by atoms with Crippen molar-refractivity contribution in [3.63, 3.8) is 0 Å². The van der Waals surface area contributed by atoms with E-state index < -0.39 is 0 Å². The average Bonchev–Trinajstić information content (AvgIpc) is 3.47. The topological polar surface area (TPSA) is 44.9 Å². The van der Waals surface area contributed by atoms with Gasteiger partial charge in [0.1, 0.15) is 5.69 Å². The first kappa shape index (κ1) is 23.5. The standard InChI is InChI=1S/C19H12N3O.C11H8N.Ir/c1-21-12-22(17-7-3-2-6-16(17)21)13-8-9-14-15-5-4-10-20-19(15)23-18(14)11-13;1-2-6-10(7-3-1)11-8-4-5-9-12-11;/h2-7,9-11H,1H3;1-6,8-9H;/q+1;-1;. The number of nitrogens with zero attached hydrogens (tertiary/aromatic N) is 4. The van der Waals surface area contributed by atoms with Crippen molar-refractivity contribution in [3.8, 4) is 11.3 Å². The third-order valence-electron chi connectivity index (χ3n) is 5.79. The average molecular weight is 645 g/mol. The van der Waals surface area contributed by atoms with Crippen molar-refractivity contribution < 1.29 is 29.1 Å². The molecule has 0 amide bonds. The van der Waals surface area contributed by atoms with Crippen molar-refractivity contribution in [1.82, 2.24) is 14.5 Å². The number of hydrogen-bond donors (Lipinski definition) is 0. The zero-order valence-electron chi connectivity index (χ0n) is 19.3. The van der Waals surface area contributed by atoms with Gasteiger partial charge in [0, 0.05) is 50.2 Å². The number of aromatic nitrogens is 2. The molecule has 0 fully saturated rings. The van der Waals surface area contributed by atoms with Crippen LogP contribution < -0.4 is 4.58 Å². The maximum absolute atomic E-state index is 5.87. The largest absolute Gasteiger partial charge is 0.494 e. The minimum atomic E-state index is 0. The van der Waals surface area contributed by atoms with E-state index in [0.717, 1.165) is 44.7 Å². The van der Waals surface area contributed by atoms with E-state index in [1.54, 1.807) is 12.4 Å². The molecule has 1 aliphatic rings. The second kappa shape index (κ2) is 10.2. The summed E-state index contributed by atoms with van der Waals surface area (Å²) in [4.78, 5) is 8.49. The summed E-state index contributed by atoms with van der Waals surface area (Å²) < 4.78 is 9.84. The Bertz CT molecular complexity index is 1700. The molecule has 3 aromatic heterocycles. The maximum Gasteiger partial charge on any atom is 0.494 e. The van der Waals surface area contributed by atoms with E-state index in [1.165, 1.54) is 0 Å². The SMILES string of the molecule is C[N+]1=C=[N+](c2[c-]cc3c(c2)oc2ncccc23)c2ccccc21.[Ir].[c-]1ccccc1-c1ccccn1. The molecular formula is C30H20IrN4O. The second-order valence-corrected chi connectivity index (χ2v) is 8.03. The molecule has 7 rings (SSSR count). The van der Waals surface area contributed by atoms with E-state index >= 15 is 0 Å². The number of furan rings is 1. The fourth-order valence-electron chi connectivity index (χ4n) is 4.12. The van der Waals surface area contributed by atoms with Crippen molar-refractivity contribution in [2.75, 3.05) is 7.05 Å². The summed E-state index contributed by atoms with van der Waals surface area (Å²) in [7, 11) is 1.99. The summed E-state index contributed by atoms with van der Waals surface area (Å²) in [5.74, 6) is 0. The van der Waals surface area contributed by atoms with Crippen molar-refractivity contribution >= 4 is 45.1 Å². The van der Waals surface area contributed by atoms with Crippen LogP contribution in [0.5, 0.6) is 0 Å². The Morgan fingerprint density at radius 1 is 0.806 bits per heavy atom. The molecule has 0 aliphatic carbocycles. The minimum absolute atomic E-state index is 0. The van der Waals surface area contributed by atoms with Crippen LogP contribution in [0.1, 0.15) is 0 Å². The van der Waals surface area contributed by atoms with E-state index in [-0.39, 0.29) is 20.1 Å². The Morgan fingerprint density at radius 2 is 1.61 bits per heavy atom. The first-order valence-electron chi connectivity index (χ1n) is 11.2. The number of para-hydroxylation sites is 2. The third-order valence-corrected chi connectivity index (χ3v) is 5.79. The smallest absolute Gasteiger partial charge is 0.465 e. The van der Waals surface area contributed by atoms with Gasteiger partial charge in [-0.05, 0) is 23.2 Å². The molecule has 1 aliphatic heterocycles. The van der Waals surface area contributed by atoms with Gasteiger partial charge < -0.3 is 9.40 Å². The predicted octanol–water partition coefficient (Wildman–Crippen LogP) is 6.62. The van der Waals surface area contributed by atoms with Gasteiger partial charge in [-0.25, -0.2) is 4.98 Å². The minimum Gasteiger partial charge on any atom is -0.465 e. The maximum atomic E-state index is 5.87. The summed E-state index contributed by atoms with van der Waals surface area (Å²) in [6.07, 6.45) is 3.53. The molecule has 36 heavy (non-hydrogen) atoms. The van der Waals surface area contributed by atoms with Crippen molar-refractivity contribution in [2.24, 2.45) is 0 Å². The van der Waals surface area contributed by atoms with Gasteiger partial charge in [0.25, 0.3) is 11.4 Å². The van der Waals surface area contributed by atoms with E-state index in [1.807, 2.05) is 95.1 Å². The van der Waals surface area contributed by atoms with Crippen molar-refractivity contribution in [3.05, 3.63) is 116 Å². The van der Waals surface area contributed by atoms with Crippen LogP contribution in [-0.2, 0) is 20.1 Å². The van der Waals surface area contributed by atoms with Crippen LogP contribution in [-0.4, -0.2) is 27.6 Å². The van der Waals surface area contributed by atoms with Gasteiger partial charge in [0.2, 0.25) is 5.71 Å². The van der Waals surface area contributed by atoms with Crippen molar-refractivity contribution in [2.45, 2.75) is 0 Å². The molecular weight excluding hydrogens is 625 g/mol. The normalized spacial score (nSPS) is 11.7. The van der Waals surface area contributed by atoms with Gasteiger partial charge in [-0.15, -0.1) is 42.0 Å². The van der Waals surface area contributed by atoms with Gasteiger partial charge in [-0.3, -0.25) is 0 Å². The molecule has 6 heteroatoms. The monoisotopic (exact) mass is 645 g/mol. The Balaban J connectivity index is 0.000000175. The van der Waals surface area contributed by atoms with Crippen LogP contribution in [0.4, 0.5) is 17.1 Å². The van der Waals surface area contributed by atoms with E-state index in [0.29, 0.717) is 5.71 Å². The van der Waals surface area contributed by atoms with Gasteiger partial charge in [0.05, 0.1) is 0 Å². The molecule has 0 unspecified atom stereocenters. The molecule has 0 atom stereocenters. The Hall–Kier alpha value is -4.21. The summed E-state index contributed by atoms with van der Waals surface area (Å²) >= 11 is 0. The van der Waals surface area contributed by atoms with Gasteiger partial charge in [-0.1, -0.05) is 50.9 Å². The summed E-state index contributed by atoms with van der Waals surface area (Å²) in [6, 6.07) is 39.5. The first-order chi connectivity index (χ1) is 17.3. The molecule has 0 saturated carbocycles. The quantitative estimate of drug-likeness (QED) is 0.157. The fourth-order valence-corrected chi connectivity index (χ4v) is 4.12. The Kier molecular flexibility index (Phi) is 6.66. The van der Waals surface area contributed by atoms with Crippen LogP contribution in [0, 0.1) is 12.1 Å². The van der Waals surface area contributed by atoms with Gasteiger partial charge >= 0.3 is 6.01 Å². The molecule has 0 bridgehead atoms. The van der Waals surface area contributed by atoms with Crippen LogP contribution in [0.3, 0.4) is 0 Å².